The molecular weight excluding hydrogens is 388 g/mol. The number of carbonyl (C=O) groups is 1. The number of carbonyl (C=O) groups excluding carboxylic acids is 1. The highest BCUT2D eigenvalue weighted by Gasteiger charge is 2.17. The van der Waals surface area contributed by atoms with Gasteiger partial charge in [0.25, 0.3) is 5.91 Å². The molecule has 0 saturated carbocycles. The molecule has 0 aliphatic rings. The maximum absolute atomic E-state index is 12.2. The van der Waals surface area contributed by atoms with Gasteiger partial charge in [0, 0.05) is 42.9 Å². The minimum Gasteiger partial charge on any atom is -0.329 e. The number of nitrogens with one attached hydrogen (secondary N) is 2. The Hall–Kier alpha value is -2.82. The minimum atomic E-state index is -3.49. The second-order valence-electron chi connectivity index (χ2n) is 5.75. The van der Waals surface area contributed by atoms with Crippen molar-refractivity contribution in [3.63, 3.8) is 0 Å². The van der Waals surface area contributed by atoms with Crippen LogP contribution in [-0.4, -0.2) is 42.7 Å². The van der Waals surface area contributed by atoms with Crippen molar-refractivity contribution in [1.29, 1.82) is 0 Å². The van der Waals surface area contributed by atoms with Crippen molar-refractivity contribution in [3.8, 4) is 11.3 Å². The van der Waals surface area contributed by atoms with Crippen LogP contribution in [0.25, 0.3) is 11.3 Å². The molecule has 0 radical (unpaired) electrons. The summed E-state index contributed by atoms with van der Waals surface area (Å²) in [6.07, 6.45) is 1.40. The van der Waals surface area contributed by atoms with Crippen LogP contribution in [0.1, 0.15) is 10.4 Å². The first kappa shape index (κ1) is 19.0. The van der Waals surface area contributed by atoms with Crippen LogP contribution in [0.3, 0.4) is 0 Å². The van der Waals surface area contributed by atoms with Gasteiger partial charge in [0.05, 0.1) is 10.6 Å². The van der Waals surface area contributed by atoms with Gasteiger partial charge in [0.1, 0.15) is 0 Å². The van der Waals surface area contributed by atoms with E-state index in [9.17, 15) is 18.0 Å². The van der Waals surface area contributed by atoms with E-state index in [1.54, 1.807) is 17.5 Å². The molecule has 8 nitrogen and oxygen atoms in total. The zero-order chi connectivity index (χ0) is 19.6. The fourth-order valence-electron chi connectivity index (χ4n) is 2.23. The first-order chi connectivity index (χ1) is 12.8. The van der Waals surface area contributed by atoms with E-state index < -0.39 is 15.9 Å². The number of sulfonamides is 1. The van der Waals surface area contributed by atoms with E-state index in [0.29, 0.717) is 10.8 Å². The molecule has 0 fully saturated rings. The first-order valence-electron chi connectivity index (χ1n) is 7.76. The fraction of sp³-hybridized carbons (Fsp3) is 0.118. The van der Waals surface area contributed by atoms with Gasteiger partial charge in [-0.2, -0.15) is 0 Å². The molecule has 0 unspecified atom stereocenters. The Bertz CT molecular complexity index is 1130. The van der Waals surface area contributed by atoms with Gasteiger partial charge in [-0.05, 0) is 18.2 Å². The molecule has 10 heteroatoms. The Kier molecular flexibility index (Phi) is 5.22. The van der Waals surface area contributed by atoms with Crippen molar-refractivity contribution in [1.82, 2.24) is 14.3 Å². The van der Waals surface area contributed by atoms with Gasteiger partial charge in [-0.25, -0.2) is 17.7 Å². The second kappa shape index (κ2) is 7.43. The van der Waals surface area contributed by atoms with Crippen LogP contribution in [0.2, 0.25) is 0 Å². The molecule has 0 aliphatic heterocycles. The lowest BCUT2D eigenvalue weighted by Gasteiger charge is -2.11. The lowest BCUT2D eigenvalue weighted by atomic mass is 10.2. The highest BCUT2D eigenvalue weighted by atomic mass is 32.2. The van der Waals surface area contributed by atoms with Crippen molar-refractivity contribution >= 4 is 32.4 Å². The van der Waals surface area contributed by atoms with Gasteiger partial charge < -0.3 is 4.98 Å². The number of anilines is 1. The minimum absolute atomic E-state index is 0.189. The van der Waals surface area contributed by atoms with Gasteiger partial charge in [-0.15, -0.1) is 11.3 Å². The van der Waals surface area contributed by atoms with Crippen LogP contribution in [0.5, 0.6) is 0 Å². The third-order valence-electron chi connectivity index (χ3n) is 3.69. The largest absolute Gasteiger partial charge is 0.329 e. The summed E-state index contributed by atoms with van der Waals surface area (Å²) in [6.45, 7) is 0. The molecule has 0 saturated heterocycles. The quantitative estimate of drug-likeness (QED) is 0.675. The van der Waals surface area contributed by atoms with Crippen LogP contribution in [0.15, 0.2) is 57.7 Å². The average Bonchev–Trinajstić information content (AvgIpc) is 3.10. The first-order valence-corrected chi connectivity index (χ1v) is 10.1. The summed E-state index contributed by atoms with van der Waals surface area (Å²) in [7, 11) is -0.547. The van der Waals surface area contributed by atoms with E-state index in [4.69, 9.17) is 0 Å². The van der Waals surface area contributed by atoms with Crippen LogP contribution in [0, 0.1) is 0 Å². The van der Waals surface area contributed by atoms with Crippen LogP contribution < -0.4 is 10.9 Å². The summed E-state index contributed by atoms with van der Waals surface area (Å²) < 4.78 is 25.4. The third kappa shape index (κ3) is 4.13. The molecule has 0 spiro atoms. The number of hydrogen-bond donors (Lipinski definition) is 2. The summed E-state index contributed by atoms with van der Waals surface area (Å²) in [5.74, 6) is -0.436. The number of aromatic nitrogens is 2. The molecule has 3 rings (SSSR count). The smallest absolute Gasteiger partial charge is 0.257 e. The average molecular weight is 404 g/mol. The number of thiazole rings is 1. The van der Waals surface area contributed by atoms with E-state index in [-0.39, 0.29) is 16.0 Å². The van der Waals surface area contributed by atoms with E-state index in [1.807, 2.05) is 0 Å². The Labute approximate surface area is 159 Å². The number of hydrogen-bond acceptors (Lipinski definition) is 6. The summed E-state index contributed by atoms with van der Waals surface area (Å²) in [6, 6.07) is 9.04. The normalized spacial score (nSPS) is 11.5. The molecule has 2 N–H and O–H groups in total. The molecule has 0 aliphatic carbocycles. The van der Waals surface area contributed by atoms with Crippen molar-refractivity contribution in [2.24, 2.45) is 0 Å². The van der Waals surface area contributed by atoms with E-state index in [2.05, 4.69) is 15.3 Å². The summed E-state index contributed by atoms with van der Waals surface area (Å²) in [5.41, 5.74) is 1.19. The Morgan fingerprint density at radius 3 is 2.52 bits per heavy atom. The van der Waals surface area contributed by atoms with Crippen LogP contribution >= 0.6 is 11.3 Å². The standard InChI is InChI=1S/C17H16N4O4S2/c1-21(2)27(24,25)13-5-3-11(4-6-13)14-10-26-17(19-14)20-16(23)12-7-8-18-15(22)9-12/h3-10H,1-2H3,(H,18,22)(H,19,20,23). The predicted molar refractivity (Wildman–Crippen MR) is 103 cm³/mol. The molecular formula is C17H16N4O4S2. The lowest BCUT2D eigenvalue weighted by Crippen LogP contribution is -2.22. The van der Waals surface area contributed by atoms with Gasteiger partial charge in [-0.3, -0.25) is 14.9 Å². The number of amides is 1. The number of H-pyrrole nitrogens is 1. The number of pyridine rings is 1. The van der Waals surface area contributed by atoms with Gasteiger partial charge in [-0.1, -0.05) is 12.1 Å². The maximum atomic E-state index is 12.2. The molecule has 2 heterocycles. The molecule has 0 atom stereocenters. The summed E-state index contributed by atoms with van der Waals surface area (Å²) in [4.78, 5) is 30.4. The molecule has 3 aromatic rings. The summed E-state index contributed by atoms with van der Waals surface area (Å²) in [5, 5.41) is 4.77. The zero-order valence-corrected chi connectivity index (χ0v) is 16.1. The van der Waals surface area contributed by atoms with Gasteiger partial charge in [0.15, 0.2) is 5.13 Å². The van der Waals surface area contributed by atoms with Gasteiger partial charge in [0.2, 0.25) is 15.6 Å². The van der Waals surface area contributed by atoms with E-state index in [0.717, 1.165) is 9.87 Å². The van der Waals surface area contributed by atoms with Crippen molar-refractivity contribution in [3.05, 3.63) is 63.9 Å². The molecule has 1 amide bonds. The zero-order valence-electron chi connectivity index (χ0n) is 14.5. The number of benzene rings is 1. The van der Waals surface area contributed by atoms with Crippen molar-refractivity contribution in [2.45, 2.75) is 4.90 Å². The van der Waals surface area contributed by atoms with Crippen molar-refractivity contribution in [2.75, 3.05) is 19.4 Å². The number of nitrogens with zero attached hydrogens (tertiary/aromatic N) is 2. The van der Waals surface area contributed by atoms with Crippen molar-refractivity contribution < 1.29 is 13.2 Å². The third-order valence-corrected chi connectivity index (χ3v) is 6.28. The molecule has 0 bridgehead atoms. The number of rotatable bonds is 5. The molecule has 27 heavy (non-hydrogen) atoms. The Balaban J connectivity index is 1.78. The van der Waals surface area contributed by atoms with Crippen LogP contribution in [-0.2, 0) is 10.0 Å². The summed E-state index contributed by atoms with van der Waals surface area (Å²) >= 11 is 1.23. The van der Waals surface area contributed by atoms with Gasteiger partial charge >= 0.3 is 0 Å². The highest BCUT2D eigenvalue weighted by Crippen LogP contribution is 2.26. The maximum Gasteiger partial charge on any atom is 0.257 e. The Morgan fingerprint density at radius 1 is 1.19 bits per heavy atom. The SMILES string of the molecule is CN(C)S(=O)(=O)c1ccc(-c2csc(NC(=O)c3cc[nH]c(=O)c3)n2)cc1. The molecule has 140 valence electrons. The molecule has 1 aromatic carbocycles. The van der Waals surface area contributed by atoms with E-state index in [1.165, 1.54) is 55.9 Å². The van der Waals surface area contributed by atoms with E-state index >= 15 is 0 Å². The molecule has 2 aromatic heterocycles. The monoisotopic (exact) mass is 404 g/mol. The fourth-order valence-corrected chi connectivity index (χ4v) is 3.84. The predicted octanol–water partition coefficient (Wildman–Crippen LogP) is 2.00. The lowest BCUT2D eigenvalue weighted by molar-refractivity contribution is 0.102. The second-order valence-corrected chi connectivity index (χ2v) is 8.76. The van der Waals surface area contributed by atoms with Crippen LogP contribution in [0.4, 0.5) is 5.13 Å². The highest BCUT2D eigenvalue weighted by molar-refractivity contribution is 7.89. The number of aromatic amines is 1. The topological polar surface area (TPSA) is 112 Å². The Morgan fingerprint density at radius 2 is 1.89 bits per heavy atom.